The molecule has 3 nitrogen and oxygen atoms in total. The summed E-state index contributed by atoms with van der Waals surface area (Å²) in [5.74, 6) is -1.54. The van der Waals surface area contributed by atoms with Crippen molar-refractivity contribution < 1.29 is 14.7 Å². The second-order valence-electron chi connectivity index (χ2n) is 2.51. The van der Waals surface area contributed by atoms with E-state index in [1.165, 1.54) is 25.2 Å². The molecule has 0 aliphatic rings. The molecule has 0 atom stereocenters. The van der Waals surface area contributed by atoms with E-state index < -0.39 is 11.8 Å². The summed E-state index contributed by atoms with van der Waals surface area (Å²) < 4.78 is 0. The van der Waals surface area contributed by atoms with Crippen molar-refractivity contribution in [1.82, 2.24) is 0 Å². The Kier molecular flexibility index (Phi) is 4.92. The summed E-state index contributed by atoms with van der Waals surface area (Å²) in [6, 6.07) is 0. The highest BCUT2D eigenvalue weighted by Gasteiger charge is 2.11. The van der Waals surface area contributed by atoms with Crippen LogP contribution in [0.5, 0.6) is 0 Å². The maximum Gasteiger partial charge on any atom is 0.332 e. The number of hydrogen-bond donors (Lipinski definition) is 1. The molecule has 0 saturated carbocycles. The first-order valence-electron chi connectivity index (χ1n) is 3.94. The lowest BCUT2D eigenvalue weighted by molar-refractivity contribution is -0.132. The molecule has 0 unspecified atom stereocenters. The number of carbonyl (C=O) groups is 2. The lowest BCUT2D eigenvalue weighted by atomic mass is 10.0. The largest absolute Gasteiger partial charge is 0.478 e. The van der Waals surface area contributed by atoms with Crippen LogP contribution in [0.4, 0.5) is 0 Å². The lowest BCUT2D eigenvalue weighted by Gasteiger charge is -1.99. The zero-order valence-electron chi connectivity index (χ0n) is 7.99. The van der Waals surface area contributed by atoms with Gasteiger partial charge in [0.1, 0.15) is 0 Å². The topological polar surface area (TPSA) is 54.4 Å². The Bertz CT molecular complexity index is 332. The van der Waals surface area contributed by atoms with Gasteiger partial charge in [-0.05, 0) is 13.0 Å². The third kappa shape index (κ3) is 3.23. The van der Waals surface area contributed by atoms with Gasteiger partial charge in [-0.25, -0.2) is 4.79 Å². The lowest BCUT2D eigenvalue weighted by Crippen LogP contribution is -2.06. The van der Waals surface area contributed by atoms with Crippen molar-refractivity contribution in [2.75, 3.05) is 0 Å². The molecule has 0 aliphatic heterocycles. The van der Waals surface area contributed by atoms with Gasteiger partial charge in [-0.1, -0.05) is 31.4 Å². The monoisotopic (exact) mass is 192 g/mol. The Balaban J connectivity index is 5.28. The Labute approximate surface area is 82.7 Å². The summed E-state index contributed by atoms with van der Waals surface area (Å²) in [6.07, 6.45) is 5.45. The molecule has 0 rings (SSSR count). The highest BCUT2D eigenvalue weighted by molar-refractivity contribution is 6.10. The highest BCUT2D eigenvalue weighted by Crippen LogP contribution is 2.08. The molecule has 0 fully saturated rings. The van der Waals surface area contributed by atoms with Gasteiger partial charge in [-0.2, -0.15) is 0 Å². The van der Waals surface area contributed by atoms with E-state index in [9.17, 15) is 9.59 Å². The average molecular weight is 192 g/mol. The van der Waals surface area contributed by atoms with Crippen LogP contribution in [0.25, 0.3) is 0 Å². The summed E-state index contributed by atoms with van der Waals surface area (Å²) in [6.45, 7) is 8.09. The van der Waals surface area contributed by atoms with Crippen LogP contribution >= 0.6 is 0 Å². The van der Waals surface area contributed by atoms with Crippen LogP contribution in [-0.4, -0.2) is 16.9 Å². The van der Waals surface area contributed by atoms with Gasteiger partial charge in [-0.3, -0.25) is 4.79 Å². The number of carboxylic acids is 1. The smallest absolute Gasteiger partial charge is 0.332 e. The van der Waals surface area contributed by atoms with Gasteiger partial charge >= 0.3 is 5.97 Å². The van der Waals surface area contributed by atoms with Crippen molar-refractivity contribution in [3.05, 3.63) is 48.6 Å². The number of hydrogen-bond acceptors (Lipinski definition) is 2. The van der Waals surface area contributed by atoms with Crippen molar-refractivity contribution in [3.8, 4) is 0 Å². The van der Waals surface area contributed by atoms with Crippen LogP contribution in [0.2, 0.25) is 0 Å². The van der Waals surface area contributed by atoms with Gasteiger partial charge in [-0.15, -0.1) is 0 Å². The maximum atomic E-state index is 11.2. The van der Waals surface area contributed by atoms with Crippen LogP contribution in [-0.2, 0) is 9.59 Å². The fourth-order valence-electron chi connectivity index (χ4n) is 0.781. The van der Waals surface area contributed by atoms with Gasteiger partial charge < -0.3 is 5.11 Å². The predicted molar refractivity (Wildman–Crippen MR) is 54.9 cm³/mol. The number of carboxylic acid groups (broad SMARTS) is 1. The van der Waals surface area contributed by atoms with E-state index in [0.717, 1.165) is 6.08 Å². The average Bonchev–Trinajstić information content (AvgIpc) is 2.17. The number of aliphatic carboxylic acids is 1. The summed E-state index contributed by atoms with van der Waals surface area (Å²) in [5, 5.41) is 8.69. The van der Waals surface area contributed by atoms with Crippen LogP contribution in [0.1, 0.15) is 6.92 Å². The minimum atomic E-state index is -1.12. The molecule has 74 valence electrons. The summed E-state index contributed by atoms with van der Waals surface area (Å²) in [4.78, 5) is 21.9. The van der Waals surface area contributed by atoms with Gasteiger partial charge in [0, 0.05) is 11.1 Å². The number of rotatable bonds is 5. The fourth-order valence-corrected chi connectivity index (χ4v) is 0.781. The summed E-state index contributed by atoms with van der Waals surface area (Å²) in [5.41, 5.74) is 0.111. The second-order valence-corrected chi connectivity index (χ2v) is 2.51. The van der Waals surface area contributed by atoms with Crippen LogP contribution < -0.4 is 0 Å². The first-order valence-corrected chi connectivity index (χ1v) is 3.94. The molecule has 0 aromatic heterocycles. The van der Waals surface area contributed by atoms with Crippen molar-refractivity contribution >= 4 is 11.8 Å². The van der Waals surface area contributed by atoms with E-state index in [0.29, 0.717) is 0 Å². The molecule has 1 N–H and O–H groups in total. The third-order valence-electron chi connectivity index (χ3n) is 1.57. The second kappa shape index (κ2) is 5.70. The molecule has 0 aliphatic carbocycles. The highest BCUT2D eigenvalue weighted by atomic mass is 16.4. The SMILES string of the molecule is C=CC=CC(C(=O)C=C)=C(C)C(=O)O. The first kappa shape index (κ1) is 12.1. The molecule has 0 saturated heterocycles. The molecule has 0 amide bonds. The standard InChI is InChI=1S/C11H12O3/c1-4-6-7-9(10(12)5-2)8(3)11(13)14/h4-7H,1-2H2,3H3,(H,13,14). The third-order valence-corrected chi connectivity index (χ3v) is 1.57. The van der Waals surface area contributed by atoms with Gasteiger partial charge in [0.25, 0.3) is 0 Å². The van der Waals surface area contributed by atoms with Gasteiger partial charge in [0.15, 0.2) is 5.78 Å². The number of allylic oxidation sites excluding steroid dienone is 5. The Morgan fingerprint density at radius 2 is 1.86 bits per heavy atom. The van der Waals surface area contributed by atoms with Gasteiger partial charge in [0.2, 0.25) is 0 Å². The fraction of sp³-hybridized carbons (Fsp3) is 0.0909. The van der Waals surface area contributed by atoms with Crippen LogP contribution in [0, 0.1) is 0 Å². The zero-order chi connectivity index (χ0) is 11.1. The van der Waals surface area contributed by atoms with Crippen LogP contribution in [0.3, 0.4) is 0 Å². The minimum absolute atomic E-state index is 0.00648. The van der Waals surface area contributed by atoms with Crippen molar-refractivity contribution in [2.45, 2.75) is 6.92 Å². The molecule has 0 radical (unpaired) electrons. The molecule has 0 spiro atoms. The molecule has 3 heteroatoms. The van der Waals surface area contributed by atoms with Crippen molar-refractivity contribution in [2.24, 2.45) is 0 Å². The molecule has 0 aromatic carbocycles. The molecular formula is C11H12O3. The van der Waals surface area contributed by atoms with E-state index in [4.69, 9.17) is 5.11 Å². The summed E-state index contributed by atoms with van der Waals surface area (Å²) >= 11 is 0. The molecular weight excluding hydrogens is 180 g/mol. The Hall–Kier alpha value is -1.90. The minimum Gasteiger partial charge on any atom is -0.478 e. The van der Waals surface area contributed by atoms with E-state index >= 15 is 0 Å². The van der Waals surface area contributed by atoms with E-state index in [2.05, 4.69) is 13.2 Å². The van der Waals surface area contributed by atoms with E-state index in [-0.39, 0.29) is 11.1 Å². The quantitative estimate of drug-likeness (QED) is 0.534. The number of ketones is 1. The molecule has 0 aromatic rings. The molecule has 0 bridgehead atoms. The predicted octanol–water partition coefficient (Wildman–Crippen LogP) is 1.88. The molecule has 14 heavy (non-hydrogen) atoms. The summed E-state index contributed by atoms with van der Waals surface area (Å²) in [7, 11) is 0. The van der Waals surface area contributed by atoms with E-state index in [1.54, 1.807) is 0 Å². The Morgan fingerprint density at radius 1 is 1.29 bits per heavy atom. The Morgan fingerprint density at radius 3 is 2.21 bits per heavy atom. The van der Waals surface area contributed by atoms with Crippen molar-refractivity contribution in [3.63, 3.8) is 0 Å². The normalized spacial score (nSPS) is 12.1. The molecule has 0 heterocycles. The van der Waals surface area contributed by atoms with E-state index in [1.807, 2.05) is 0 Å². The zero-order valence-corrected chi connectivity index (χ0v) is 7.99. The maximum absolute atomic E-state index is 11.2. The number of carbonyl (C=O) groups excluding carboxylic acids is 1. The van der Waals surface area contributed by atoms with Crippen molar-refractivity contribution in [1.29, 1.82) is 0 Å². The first-order chi connectivity index (χ1) is 6.54. The van der Waals surface area contributed by atoms with Crippen LogP contribution in [0.15, 0.2) is 48.6 Å². The van der Waals surface area contributed by atoms with Gasteiger partial charge in [0.05, 0.1) is 0 Å².